The maximum Gasteiger partial charge on any atom is 0.344 e. The molecule has 1 aliphatic heterocycles. The Balaban J connectivity index is 1.74. The third-order valence-corrected chi connectivity index (χ3v) is 4.71. The van der Waals surface area contributed by atoms with Crippen LogP contribution in [0.1, 0.15) is 12.5 Å². The van der Waals surface area contributed by atoms with Crippen LogP contribution in [-0.4, -0.2) is 35.4 Å². The lowest BCUT2D eigenvalue weighted by Crippen LogP contribution is -2.22. The third kappa shape index (κ3) is 4.72. The number of hydrogen-bond acceptors (Lipinski definition) is 6. The number of para-hydroxylation sites is 2. The molecule has 0 bridgehead atoms. The lowest BCUT2D eigenvalue weighted by atomic mass is 10.2. The van der Waals surface area contributed by atoms with Gasteiger partial charge in [-0.2, -0.15) is 0 Å². The van der Waals surface area contributed by atoms with E-state index in [2.05, 4.69) is 10.3 Å². The largest absolute Gasteiger partial charge is 0.494 e. The minimum Gasteiger partial charge on any atom is -0.494 e. The number of carbonyl (C=O) groups excluding carboxylic acids is 1. The van der Waals surface area contributed by atoms with E-state index in [0.717, 1.165) is 5.56 Å². The van der Waals surface area contributed by atoms with Gasteiger partial charge in [0.2, 0.25) is 0 Å². The molecule has 1 unspecified atom stereocenters. The molecule has 7 nitrogen and oxygen atoms in total. The first-order valence-electron chi connectivity index (χ1n) is 8.38. The van der Waals surface area contributed by atoms with Crippen LogP contribution in [0.15, 0.2) is 58.4 Å². The molecular weight excluding hydrogens is 380 g/mol. The van der Waals surface area contributed by atoms with Crippen LogP contribution in [0.2, 0.25) is 0 Å². The summed E-state index contributed by atoms with van der Waals surface area (Å²) in [6.45, 7) is 1.46. The van der Waals surface area contributed by atoms with Gasteiger partial charge in [0.05, 0.1) is 12.0 Å². The summed E-state index contributed by atoms with van der Waals surface area (Å²) in [5.41, 5.74) is 1.41. The molecule has 2 aromatic carbocycles. The number of carboxylic acids is 1. The predicted molar refractivity (Wildman–Crippen MR) is 108 cm³/mol. The highest BCUT2D eigenvalue weighted by atomic mass is 32.2. The van der Waals surface area contributed by atoms with E-state index in [4.69, 9.17) is 14.6 Å². The van der Waals surface area contributed by atoms with Crippen LogP contribution in [-0.2, 0) is 9.59 Å². The summed E-state index contributed by atoms with van der Waals surface area (Å²) in [5, 5.41) is 12.1. The van der Waals surface area contributed by atoms with E-state index in [1.165, 1.54) is 18.7 Å². The number of thioether (sulfide) groups is 1. The number of amidine groups is 1. The Morgan fingerprint density at radius 2 is 1.93 bits per heavy atom. The average Bonchev–Trinajstić information content (AvgIpc) is 3.02. The van der Waals surface area contributed by atoms with Crippen molar-refractivity contribution in [2.75, 3.05) is 7.11 Å². The molecule has 2 aromatic rings. The summed E-state index contributed by atoms with van der Waals surface area (Å²) < 4.78 is 10.6. The van der Waals surface area contributed by atoms with E-state index in [-0.39, 0.29) is 5.91 Å². The SMILES string of the molecule is COc1ccccc1N=C1NC(=O)/C(=C\c2ccc(OC(C)C(=O)O)cc2)S1. The number of aliphatic carboxylic acids is 1. The van der Waals surface area contributed by atoms with Crippen molar-refractivity contribution in [1.29, 1.82) is 0 Å². The van der Waals surface area contributed by atoms with Crippen LogP contribution < -0.4 is 14.8 Å². The van der Waals surface area contributed by atoms with Crippen molar-refractivity contribution in [3.05, 3.63) is 59.0 Å². The van der Waals surface area contributed by atoms with Crippen molar-refractivity contribution < 1.29 is 24.2 Å². The summed E-state index contributed by atoms with van der Waals surface area (Å²) in [6, 6.07) is 14.1. The van der Waals surface area contributed by atoms with Gasteiger partial charge in [-0.3, -0.25) is 4.79 Å². The molecule has 1 amide bonds. The van der Waals surface area contributed by atoms with Crippen molar-refractivity contribution in [2.24, 2.45) is 4.99 Å². The van der Waals surface area contributed by atoms with Crippen LogP contribution in [0.4, 0.5) is 5.69 Å². The Hall–Kier alpha value is -3.26. The molecule has 1 aliphatic rings. The van der Waals surface area contributed by atoms with Crippen LogP contribution in [0.25, 0.3) is 6.08 Å². The van der Waals surface area contributed by atoms with Crippen molar-refractivity contribution in [2.45, 2.75) is 13.0 Å². The highest BCUT2D eigenvalue weighted by molar-refractivity contribution is 8.18. The number of nitrogens with zero attached hydrogens (tertiary/aromatic N) is 1. The molecule has 0 aliphatic carbocycles. The van der Waals surface area contributed by atoms with Crippen LogP contribution >= 0.6 is 11.8 Å². The highest BCUT2D eigenvalue weighted by Gasteiger charge is 2.24. The number of aliphatic imine (C=N–C) groups is 1. The van der Waals surface area contributed by atoms with Gasteiger partial charge < -0.3 is 19.9 Å². The molecule has 1 fully saturated rings. The number of carbonyl (C=O) groups is 2. The zero-order chi connectivity index (χ0) is 20.1. The van der Waals surface area contributed by atoms with Gasteiger partial charge in [0.25, 0.3) is 5.91 Å². The summed E-state index contributed by atoms with van der Waals surface area (Å²) in [4.78, 5) is 28.0. The van der Waals surface area contributed by atoms with E-state index in [9.17, 15) is 9.59 Å². The zero-order valence-corrected chi connectivity index (χ0v) is 16.0. The van der Waals surface area contributed by atoms with Crippen molar-refractivity contribution in [3.8, 4) is 11.5 Å². The first-order valence-corrected chi connectivity index (χ1v) is 9.20. The minimum atomic E-state index is -1.04. The maximum atomic E-state index is 12.2. The van der Waals surface area contributed by atoms with Crippen molar-refractivity contribution in [1.82, 2.24) is 5.32 Å². The molecule has 2 N–H and O–H groups in total. The highest BCUT2D eigenvalue weighted by Crippen LogP contribution is 2.32. The molecule has 1 heterocycles. The van der Waals surface area contributed by atoms with Gasteiger partial charge in [0, 0.05) is 0 Å². The Bertz CT molecular complexity index is 953. The molecular formula is C20H18N2O5S. The molecule has 1 atom stereocenters. The molecule has 28 heavy (non-hydrogen) atoms. The monoisotopic (exact) mass is 398 g/mol. The lowest BCUT2D eigenvalue weighted by molar-refractivity contribution is -0.144. The van der Waals surface area contributed by atoms with Crippen molar-refractivity contribution in [3.63, 3.8) is 0 Å². The molecule has 144 valence electrons. The normalized spacial score (nSPS) is 17.4. The third-order valence-electron chi connectivity index (χ3n) is 3.80. The van der Waals surface area contributed by atoms with Gasteiger partial charge in [0.1, 0.15) is 17.2 Å². The number of hydrogen-bond donors (Lipinski definition) is 2. The minimum absolute atomic E-state index is 0.238. The van der Waals surface area contributed by atoms with Crippen LogP contribution in [0, 0.1) is 0 Å². The smallest absolute Gasteiger partial charge is 0.344 e. The van der Waals surface area contributed by atoms with Crippen LogP contribution in [0.3, 0.4) is 0 Å². The molecule has 8 heteroatoms. The molecule has 3 rings (SSSR count). The topological polar surface area (TPSA) is 97.2 Å². The van der Waals surface area contributed by atoms with Gasteiger partial charge in [0.15, 0.2) is 11.3 Å². The van der Waals surface area contributed by atoms with Gasteiger partial charge in [-0.15, -0.1) is 0 Å². The first kappa shape index (κ1) is 19.5. The van der Waals surface area contributed by atoms with E-state index in [1.54, 1.807) is 49.6 Å². The maximum absolute atomic E-state index is 12.2. The Morgan fingerprint density at radius 1 is 1.21 bits per heavy atom. The summed E-state index contributed by atoms with van der Waals surface area (Å²) >= 11 is 1.23. The van der Waals surface area contributed by atoms with Crippen LogP contribution in [0.5, 0.6) is 11.5 Å². The van der Waals surface area contributed by atoms with Crippen molar-refractivity contribution >= 4 is 40.6 Å². The van der Waals surface area contributed by atoms with Gasteiger partial charge in [-0.05, 0) is 54.6 Å². The quantitative estimate of drug-likeness (QED) is 0.724. The second-order valence-electron chi connectivity index (χ2n) is 5.82. The number of benzene rings is 2. The standard InChI is InChI=1S/C20H18N2O5S/c1-12(19(24)25)27-14-9-7-13(8-10-14)11-17-18(23)22-20(28-17)21-15-5-3-4-6-16(15)26-2/h3-12H,1-2H3,(H,24,25)(H,21,22,23)/b17-11+. The number of carboxylic acid groups (broad SMARTS) is 1. The average molecular weight is 398 g/mol. The number of amides is 1. The summed E-state index contributed by atoms with van der Waals surface area (Å²) in [6.07, 6.45) is 0.795. The molecule has 1 saturated heterocycles. The molecule has 0 saturated carbocycles. The van der Waals surface area contributed by atoms with E-state index in [0.29, 0.717) is 27.3 Å². The van der Waals surface area contributed by atoms with E-state index in [1.807, 2.05) is 12.1 Å². The fraction of sp³-hybridized carbons (Fsp3) is 0.150. The number of ether oxygens (including phenoxy) is 2. The molecule has 0 radical (unpaired) electrons. The Kier molecular flexibility index (Phi) is 6.00. The van der Waals surface area contributed by atoms with E-state index >= 15 is 0 Å². The molecule has 0 spiro atoms. The second-order valence-corrected chi connectivity index (χ2v) is 6.85. The van der Waals surface area contributed by atoms with Gasteiger partial charge >= 0.3 is 5.97 Å². The fourth-order valence-electron chi connectivity index (χ4n) is 2.36. The summed E-state index contributed by atoms with van der Waals surface area (Å²) in [5.74, 6) is -0.210. The number of rotatable bonds is 6. The number of methoxy groups -OCH3 is 1. The summed E-state index contributed by atoms with van der Waals surface area (Å²) in [7, 11) is 1.56. The number of nitrogens with one attached hydrogen (secondary N) is 1. The Morgan fingerprint density at radius 3 is 2.61 bits per heavy atom. The first-order chi connectivity index (χ1) is 13.5. The van der Waals surface area contributed by atoms with Gasteiger partial charge in [-0.1, -0.05) is 24.3 Å². The second kappa shape index (κ2) is 8.62. The van der Waals surface area contributed by atoms with E-state index < -0.39 is 12.1 Å². The predicted octanol–water partition coefficient (Wildman–Crippen LogP) is 3.44. The van der Waals surface area contributed by atoms with Gasteiger partial charge in [-0.25, -0.2) is 9.79 Å². The lowest BCUT2D eigenvalue weighted by Gasteiger charge is -2.10. The fourth-order valence-corrected chi connectivity index (χ4v) is 3.20. The zero-order valence-electron chi connectivity index (χ0n) is 15.2. The molecule has 0 aromatic heterocycles. The Labute approximate surface area is 166 Å².